The minimum absolute atomic E-state index is 0.0758. The van der Waals surface area contributed by atoms with E-state index in [9.17, 15) is 9.90 Å². The third-order valence-corrected chi connectivity index (χ3v) is 2.69. The van der Waals surface area contributed by atoms with Gasteiger partial charge in [0.1, 0.15) is 11.5 Å². The smallest absolute Gasteiger partial charge is 0.260 e. The Bertz CT molecular complexity index is 605. The lowest BCUT2D eigenvalue weighted by Crippen LogP contribution is -2.12. The molecule has 0 fully saturated rings. The molecule has 19 heavy (non-hydrogen) atoms. The molecule has 0 bridgehead atoms. The van der Waals surface area contributed by atoms with Gasteiger partial charge < -0.3 is 15.5 Å². The standard InChI is InChI=1S/C13H15N3O3/c1-7(2)10-6-12(16-15-10)14-13(19)9-4-3-8(17)5-11(9)18/h3-7,17-18H,1-2H3,(H2,14,15,16,19). The second-order valence-electron chi connectivity index (χ2n) is 4.52. The maximum atomic E-state index is 11.9. The van der Waals surface area contributed by atoms with Crippen molar-refractivity contribution in [1.82, 2.24) is 10.2 Å². The van der Waals surface area contributed by atoms with E-state index < -0.39 is 5.91 Å². The molecular formula is C13H15N3O3. The molecule has 0 aliphatic carbocycles. The highest BCUT2D eigenvalue weighted by Gasteiger charge is 2.13. The Morgan fingerprint density at radius 3 is 2.63 bits per heavy atom. The van der Waals surface area contributed by atoms with Crippen LogP contribution in [0.5, 0.6) is 11.5 Å². The van der Waals surface area contributed by atoms with Gasteiger partial charge in [0.15, 0.2) is 5.82 Å². The second kappa shape index (κ2) is 5.01. The van der Waals surface area contributed by atoms with Crippen molar-refractivity contribution < 1.29 is 15.0 Å². The van der Waals surface area contributed by atoms with Gasteiger partial charge in [-0.25, -0.2) is 0 Å². The maximum Gasteiger partial charge on any atom is 0.260 e. The first-order chi connectivity index (χ1) is 8.97. The summed E-state index contributed by atoms with van der Waals surface area (Å²) in [5.41, 5.74) is 0.983. The molecule has 2 rings (SSSR count). The highest BCUT2D eigenvalue weighted by Crippen LogP contribution is 2.23. The first-order valence-corrected chi connectivity index (χ1v) is 5.86. The lowest BCUT2D eigenvalue weighted by atomic mass is 10.1. The highest BCUT2D eigenvalue weighted by atomic mass is 16.3. The van der Waals surface area contributed by atoms with Gasteiger partial charge in [-0.2, -0.15) is 5.10 Å². The van der Waals surface area contributed by atoms with Gasteiger partial charge in [0, 0.05) is 17.8 Å². The fourth-order valence-corrected chi connectivity index (χ4v) is 1.59. The van der Waals surface area contributed by atoms with Crippen molar-refractivity contribution in [2.24, 2.45) is 0 Å². The summed E-state index contributed by atoms with van der Waals surface area (Å²) < 4.78 is 0. The number of benzene rings is 1. The molecule has 0 unspecified atom stereocenters. The first-order valence-electron chi connectivity index (χ1n) is 5.86. The molecule has 0 atom stereocenters. The molecular weight excluding hydrogens is 246 g/mol. The van der Waals surface area contributed by atoms with Crippen LogP contribution in [0.3, 0.4) is 0 Å². The number of anilines is 1. The van der Waals surface area contributed by atoms with Crippen LogP contribution >= 0.6 is 0 Å². The minimum Gasteiger partial charge on any atom is -0.508 e. The van der Waals surface area contributed by atoms with Gasteiger partial charge in [0.2, 0.25) is 0 Å². The van der Waals surface area contributed by atoms with Gasteiger partial charge in [0.25, 0.3) is 5.91 Å². The zero-order chi connectivity index (χ0) is 14.0. The number of phenolic OH excluding ortho intramolecular Hbond substituents is 2. The first kappa shape index (κ1) is 12.9. The zero-order valence-corrected chi connectivity index (χ0v) is 10.6. The SMILES string of the molecule is CC(C)c1cc(NC(=O)c2ccc(O)cc2O)n[nH]1. The van der Waals surface area contributed by atoms with Crippen molar-refractivity contribution in [1.29, 1.82) is 0 Å². The molecule has 6 heteroatoms. The van der Waals surface area contributed by atoms with Gasteiger partial charge >= 0.3 is 0 Å². The summed E-state index contributed by atoms with van der Waals surface area (Å²) in [6.45, 7) is 4.01. The normalized spacial score (nSPS) is 10.7. The van der Waals surface area contributed by atoms with Gasteiger partial charge in [0.05, 0.1) is 5.56 Å². The fraction of sp³-hybridized carbons (Fsp3) is 0.231. The minimum atomic E-state index is -0.487. The van der Waals surface area contributed by atoms with Crippen LogP contribution in [-0.2, 0) is 0 Å². The number of hydrogen-bond acceptors (Lipinski definition) is 4. The lowest BCUT2D eigenvalue weighted by molar-refractivity contribution is 0.102. The molecule has 100 valence electrons. The van der Waals surface area contributed by atoms with Crippen LogP contribution in [0.15, 0.2) is 24.3 Å². The largest absolute Gasteiger partial charge is 0.508 e. The Morgan fingerprint density at radius 2 is 2.05 bits per heavy atom. The molecule has 0 spiro atoms. The van der Waals surface area contributed by atoms with Gasteiger partial charge in [-0.1, -0.05) is 13.8 Å². The predicted molar refractivity (Wildman–Crippen MR) is 70.4 cm³/mol. The van der Waals surface area contributed by atoms with E-state index in [2.05, 4.69) is 15.5 Å². The van der Waals surface area contributed by atoms with Crippen molar-refractivity contribution in [2.75, 3.05) is 5.32 Å². The number of carbonyl (C=O) groups excluding carboxylic acids is 1. The molecule has 0 saturated carbocycles. The second-order valence-corrected chi connectivity index (χ2v) is 4.52. The van der Waals surface area contributed by atoms with Crippen LogP contribution in [-0.4, -0.2) is 26.3 Å². The molecule has 0 saturated heterocycles. The van der Waals surface area contributed by atoms with Gasteiger partial charge in [-0.3, -0.25) is 9.89 Å². The number of nitrogens with zero attached hydrogens (tertiary/aromatic N) is 1. The summed E-state index contributed by atoms with van der Waals surface area (Å²) in [6, 6.07) is 5.52. The highest BCUT2D eigenvalue weighted by molar-refractivity contribution is 6.05. The molecule has 1 amide bonds. The van der Waals surface area contributed by atoms with E-state index in [1.54, 1.807) is 6.07 Å². The summed E-state index contributed by atoms with van der Waals surface area (Å²) >= 11 is 0. The van der Waals surface area contributed by atoms with Gasteiger partial charge in [-0.05, 0) is 18.1 Å². The van der Waals surface area contributed by atoms with Gasteiger partial charge in [-0.15, -0.1) is 0 Å². The Labute approximate surface area is 110 Å². The van der Waals surface area contributed by atoms with E-state index >= 15 is 0 Å². The molecule has 0 aliphatic rings. The topological polar surface area (TPSA) is 98.2 Å². The molecule has 1 heterocycles. The molecule has 2 aromatic rings. The number of nitrogens with one attached hydrogen (secondary N) is 2. The Morgan fingerprint density at radius 1 is 1.32 bits per heavy atom. The van der Waals surface area contributed by atoms with E-state index in [-0.39, 0.29) is 23.0 Å². The number of aromatic nitrogens is 2. The quantitative estimate of drug-likeness (QED) is 0.680. The average Bonchev–Trinajstić information content (AvgIpc) is 2.77. The third kappa shape index (κ3) is 2.85. The summed E-state index contributed by atoms with van der Waals surface area (Å²) in [4.78, 5) is 11.9. The van der Waals surface area contributed by atoms with Crippen molar-refractivity contribution in [3.8, 4) is 11.5 Å². The average molecular weight is 261 g/mol. The number of hydrogen-bond donors (Lipinski definition) is 4. The fourth-order valence-electron chi connectivity index (χ4n) is 1.59. The van der Waals surface area contributed by atoms with Crippen LogP contribution in [0.25, 0.3) is 0 Å². The molecule has 1 aromatic heterocycles. The van der Waals surface area contributed by atoms with Crippen LogP contribution in [0, 0.1) is 0 Å². The van der Waals surface area contributed by atoms with Crippen molar-refractivity contribution >= 4 is 11.7 Å². The summed E-state index contributed by atoms with van der Waals surface area (Å²) in [6.07, 6.45) is 0. The number of rotatable bonds is 3. The van der Waals surface area contributed by atoms with Crippen LogP contribution in [0.2, 0.25) is 0 Å². The van der Waals surface area contributed by atoms with Crippen LogP contribution in [0.4, 0.5) is 5.82 Å². The summed E-state index contributed by atoms with van der Waals surface area (Å²) in [5, 5.41) is 28.1. The Kier molecular flexibility index (Phi) is 3.41. The lowest BCUT2D eigenvalue weighted by Gasteiger charge is -2.04. The maximum absolute atomic E-state index is 11.9. The van der Waals surface area contributed by atoms with Crippen molar-refractivity contribution in [3.63, 3.8) is 0 Å². The molecule has 0 radical (unpaired) electrons. The molecule has 1 aromatic carbocycles. The van der Waals surface area contributed by atoms with E-state index in [0.29, 0.717) is 5.82 Å². The van der Waals surface area contributed by atoms with E-state index in [1.807, 2.05) is 13.8 Å². The summed E-state index contributed by atoms with van der Waals surface area (Å²) in [7, 11) is 0. The number of amides is 1. The van der Waals surface area contributed by atoms with E-state index in [1.165, 1.54) is 12.1 Å². The number of carbonyl (C=O) groups is 1. The number of H-pyrrole nitrogens is 1. The predicted octanol–water partition coefficient (Wildman–Crippen LogP) is 2.20. The Balaban J connectivity index is 2.16. The van der Waals surface area contributed by atoms with Crippen molar-refractivity contribution in [2.45, 2.75) is 19.8 Å². The number of phenols is 2. The zero-order valence-electron chi connectivity index (χ0n) is 10.6. The number of aromatic hydroxyl groups is 2. The molecule has 6 nitrogen and oxygen atoms in total. The van der Waals surface area contributed by atoms with E-state index in [4.69, 9.17) is 5.11 Å². The Hall–Kier alpha value is -2.50. The van der Waals surface area contributed by atoms with Crippen LogP contribution < -0.4 is 5.32 Å². The number of aromatic amines is 1. The third-order valence-electron chi connectivity index (χ3n) is 2.69. The monoisotopic (exact) mass is 261 g/mol. The molecule has 4 N–H and O–H groups in total. The van der Waals surface area contributed by atoms with E-state index in [0.717, 1.165) is 11.8 Å². The molecule has 0 aliphatic heterocycles. The summed E-state index contributed by atoms with van der Waals surface area (Å²) in [5.74, 6) is -0.200. The van der Waals surface area contributed by atoms with Crippen LogP contribution in [0.1, 0.15) is 35.8 Å². The van der Waals surface area contributed by atoms with Crippen molar-refractivity contribution in [3.05, 3.63) is 35.5 Å².